The highest BCUT2D eigenvalue weighted by Gasteiger charge is 2.71. The number of carbonyl (C=O) groups is 2. The highest BCUT2D eigenvalue weighted by atomic mass is 16.6. The lowest BCUT2D eigenvalue weighted by molar-refractivity contribution is -0.159. The standard InChI is InChI=1S/C18H12O4/c19-16-13-14(17(20)21-16)18(10-6-2-1-3-7-10)12-9-5-4-8-11(12)15(13)22-18/h1-9,13-15H. The Bertz CT molecular complexity index is 813. The Labute approximate surface area is 126 Å². The van der Waals surface area contributed by atoms with Crippen LogP contribution in [-0.4, -0.2) is 11.9 Å². The minimum Gasteiger partial charge on any atom is -0.393 e. The van der Waals surface area contributed by atoms with E-state index in [-0.39, 0.29) is 0 Å². The molecule has 2 bridgehead atoms. The van der Waals surface area contributed by atoms with Gasteiger partial charge >= 0.3 is 11.9 Å². The van der Waals surface area contributed by atoms with E-state index in [1.165, 1.54) is 0 Å². The molecule has 2 fully saturated rings. The molecule has 0 N–H and O–H groups in total. The fourth-order valence-corrected chi connectivity index (χ4v) is 4.24. The molecule has 0 amide bonds. The Morgan fingerprint density at radius 1 is 0.864 bits per heavy atom. The molecule has 5 rings (SSSR count). The second-order valence-corrected chi connectivity index (χ2v) is 5.97. The maximum Gasteiger partial charge on any atom is 0.321 e. The van der Waals surface area contributed by atoms with Gasteiger partial charge in [-0.3, -0.25) is 9.59 Å². The van der Waals surface area contributed by atoms with Gasteiger partial charge in [0.05, 0.1) is 6.10 Å². The minimum atomic E-state index is -0.906. The summed E-state index contributed by atoms with van der Waals surface area (Å²) in [5, 5.41) is 0. The third-order valence-electron chi connectivity index (χ3n) is 5.03. The lowest BCUT2D eigenvalue weighted by atomic mass is 9.67. The highest BCUT2D eigenvalue weighted by molar-refractivity contribution is 5.99. The number of ether oxygens (including phenoxy) is 2. The smallest absolute Gasteiger partial charge is 0.321 e. The summed E-state index contributed by atoms with van der Waals surface area (Å²) in [5.41, 5.74) is 1.94. The predicted octanol–water partition coefficient (Wildman–Crippen LogP) is 2.33. The second kappa shape index (κ2) is 3.84. The lowest BCUT2D eigenvalue weighted by Crippen LogP contribution is -2.39. The Hall–Kier alpha value is -2.46. The topological polar surface area (TPSA) is 52.6 Å². The molecule has 22 heavy (non-hydrogen) atoms. The van der Waals surface area contributed by atoms with Crippen LogP contribution in [0.2, 0.25) is 0 Å². The van der Waals surface area contributed by atoms with E-state index in [4.69, 9.17) is 9.47 Å². The van der Waals surface area contributed by atoms with Gasteiger partial charge < -0.3 is 9.47 Å². The first-order chi connectivity index (χ1) is 10.7. The van der Waals surface area contributed by atoms with E-state index in [0.717, 1.165) is 16.7 Å². The van der Waals surface area contributed by atoms with Crippen LogP contribution in [0.5, 0.6) is 0 Å². The van der Waals surface area contributed by atoms with Crippen molar-refractivity contribution in [1.29, 1.82) is 0 Å². The van der Waals surface area contributed by atoms with Crippen molar-refractivity contribution in [2.45, 2.75) is 11.7 Å². The molecule has 3 heterocycles. The zero-order chi connectivity index (χ0) is 14.9. The van der Waals surface area contributed by atoms with Crippen LogP contribution in [-0.2, 0) is 24.7 Å². The summed E-state index contributed by atoms with van der Waals surface area (Å²) in [5.74, 6) is -2.08. The van der Waals surface area contributed by atoms with E-state index in [0.29, 0.717) is 0 Å². The molecule has 0 saturated carbocycles. The number of fused-ring (bicyclic) bond motifs is 8. The maximum absolute atomic E-state index is 12.3. The van der Waals surface area contributed by atoms with Gasteiger partial charge in [0.15, 0.2) is 0 Å². The quantitative estimate of drug-likeness (QED) is 0.598. The molecule has 4 nitrogen and oxygen atoms in total. The molecule has 4 unspecified atom stereocenters. The third-order valence-corrected chi connectivity index (χ3v) is 5.03. The minimum absolute atomic E-state index is 0.402. The molecule has 2 aromatic rings. The first kappa shape index (κ1) is 12.1. The number of rotatable bonds is 1. The third kappa shape index (κ3) is 1.19. The van der Waals surface area contributed by atoms with Gasteiger partial charge in [-0.25, -0.2) is 0 Å². The summed E-state index contributed by atoms with van der Waals surface area (Å²) >= 11 is 0. The van der Waals surface area contributed by atoms with Crippen molar-refractivity contribution in [1.82, 2.24) is 0 Å². The van der Waals surface area contributed by atoms with E-state index in [9.17, 15) is 9.59 Å². The molecule has 2 saturated heterocycles. The van der Waals surface area contributed by atoms with Gasteiger partial charge in [0.2, 0.25) is 0 Å². The molecule has 3 aliphatic rings. The fraction of sp³-hybridized carbons (Fsp3) is 0.222. The largest absolute Gasteiger partial charge is 0.393 e. The highest BCUT2D eigenvalue weighted by Crippen LogP contribution is 2.65. The van der Waals surface area contributed by atoms with Gasteiger partial charge in [0.25, 0.3) is 0 Å². The Kier molecular flexibility index (Phi) is 2.12. The van der Waals surface area contributed by atoms with E-state index in [1.807, 2.05) is 54.6 Å². The zero-order valence-corrected chi connectivity index (χ0v) is 11.6. The van der Waals surface area contributed by atoms with Crippen LogP contribution in [0.1, 0.15) is 22.8 Å². The van der Waals surface area contributed by atoms with Crippen molar-refractivity contribution in [2.24, 2.45) is 11.8 Å². The summed E-state index contributed by atoms with van der Waals surface area (Å²) < 4.78 is 11.2. The van der Waals surface area contributed by atoms with Gasteiger partial charge in [-0.15, -0.1) is 0 Å². The van der Waals surface area contributed by atoms with Crippen LogP contribution in [0.25, 0.3) is 0 Å². The normalized spacial score (nSPS) is 34.5. The molecule has 0 radical (unpaired) electrons. The predicted molar refractivity (Wildman–Crippen MR) is 75.6 cm³/mol. The summed E-state index contributed by atoms with van der Waals surface area (Å²) in [6.45, 7) is 0. The number of hydrogen-bond donors (Lipinski definition) is 0. The SMILES string of the molecule is O=C1OC(=O)C2C1C1OC2(c2ccccc2)c2ccccc21. The lowest BCUT2D eigenvalue weighted by Gasteiger charge is -2.32. The van der Waals surface area contributed by atoms with Crippen LogP contribution in [0, 0.1) is 11.8 Å². The summed E-state index contributed by atoms with van der Waals surface area (Å²) in [4.78, 5) is 24.4. The molecule has 0 spiro atoms. The molecule has 0 aliphatic carbocycles. The monoisotopic (exact) mass is 292 g/mol. The van der Waals surface area contributed by atoms with Crippen LogP contribution < -0.4 is 0 Å². The van der Waals surface area contributed by atoms with E-state index in [1.54, 1.807) is 0 Å². The Morgan fingerprint density at radius 2 is 1.59 bits per heavy atom. The summed E-state index contributed by atoms with van der Waals surface area (Å²) in [6.07, 6.45) is -0.402. The van der Waals surface area contributed by atoms with Crippen molar-refractivity contribution in [3.05, 3.63) is 71.3 Å². The molecular weight excluding hydrogens is 280 g/mol. The number of cyclic esters (lactones) is 2. The van der Waals surface area contributed by atoms with Gasteiger partial charge in [-0.1, -0.05) is 54.6 Å². The van der Waals surface area contributed by atoms with Crippen molar-refractivity contribution in [2.75, 3.05) is 0 Å². The van der Waals surface area contributed by atoms with E-state index in [2.05, 4.69) is 0 Å². The van der Waals surface area contributed by atoms with Crippen LogP contribution in [0.4, 0.5) is 0 Å². The molecule has 2 aromatic carbocycles. The number of esters is 2. The number of carbonyl (C=O) groups excluding carboxylic acids is 2. The van der Waals surface area contributed by atoms with Crippen LogP contribution >= 0.6 is 0 Å². The molecule has 4 heteroatoms. The summed E-state index contributed by atoms with van der Waals surface area (Å²) in [6, 6.07) is 17.4. The summed E-state index contributed by atoms with van der Waals surface area (Å²) in [7, 11) is 0. The molecule has 4 atom stereocenters. The van der Waals surface area contributed by atoms with Gasteiger partial charge in [-0.05, 0) is 16.7 Å². The van der Waals surface area contributed by atoms with E-state index < -0.39 is 35.5 Å². The average Bonchev–Trinajstić information content (AvgIpc) is 3.18. The van der Waals surface area contributed by atoms with Gasteiger partial charge in [0, 0.05) is 0 Å². The molecule has 0 aromatic heterocycles. The van der Waals surface area contributed by atoms with Crippen molar-refractivity contribution >= 4 is 11.9 Å². The van der Waals surface area contributed by atoms with Crippen molar-refractivity contribution in [3.8, 4) is 0 Å². The fourth-order valence-electron chi connectivity index (χ4n) is 4.24. The first-order valence-corrected chi connectivity index (χ1v) is 7.32. The molecular formula is C18H12O4. The molecule has 108 valence electrons. The van der Waals surface area contributed by atoms with Crippen LogP contribution in [0.15, 0.2) is 54.6 Å². The second-order valence-electron chi connectivity index (χ2n) is 5.97. The number of hydrogen-bond acceptors (Lipinski definition) is 4. The van der Waals surface area contributed by atoms with Crippen LogP contribution in [0.3, 0.4) is 0 Å². The maximum atomic E-state index is 12.3. The van der Waals surface area contributed by atoms with Gasteiger partial charge in [0.1, 0.15) is 17.4 Å². The Morgan fingerprint density at radius 3 is 2.41 bits per heavy atom. The van der Waals surface area contributed by atoms with Crippen molar-refractivity contribution in [3.63, 3.8) is 0 Å². The van der Waals surface area contributed by atoms with Gasteiger partial charge in [-0.2, -0.15) is 0 Å². The number of benzene rings is 2. The molecule has 3 aliphatic heterocycles. The zero-order valence-electron chi connectivity index (χ0n) is 11.6. The van der Waals surface area contributed by atoms with Crippen molar-refractivity contribution < 1.29 is 19.1 Å². The first-order valence-electron chi connectivity index (χ1n) is 7.32. The average molecular weight is 292 g/mol. The Balaban J connectivity index is 1.84. The van der Waals surface area contributed by atoms with E-state index >= 15 is 0 Å².